The fourth-order valence-corrected chi connectivity index (χ4v) is 4.69. The number of imidazole rings is 2. The maximum Gasteiger partial charge on any atom is 0.226 e. The van der Waals surface area contributed by atoms with E-state index in [4.69, 9.17) is 34.8 Å². The minimum absolute atomic E-state index is 0.0559. The van der Waals surface area contributed by atoms with E-state index in [-0.39, 0.29) is 21.1 Å². The zero-order chi connectivity index (χ0) is 27.6. The zero-order valence-corrected chi connectivity index (χ0v) is 22.5. The van der Waals surface area contributed by atoms with Gasteiger partial charge in [0.15, 0.2) is 27.7 Å². The molecule has 5 heterocycles. The molecule has 40 heavy (non-hydrogen) atoms. The van der Waals surface area contributed by atoms with Crippen LogP contribution in [-0.2, 0) is 0 Å². The third kappa shape index (κ3) is 5.03. The molecule has 7 rings (SSSR count). The lowest BCUT2D eigenvalue weighted by Gasteiger charge is -2.13. The first kappa shape index (κ1) is 25.6. The van der Waals surface area contributed by atoms with Crippen LogP contribution in [0.3, 0.4) is 0 Å². The van der Waals surface area contributed by atoms with Gasteiger partial charge in [-0.15, -0.1) is 0 Å². The van der Waals surface area contributed by atoms with E-state index in [1.54, 1.807) is 17.0 Å². The van der Waals surface area contributed by atoms with Gasteiger partial charge in [0.1, 0.15) is 11.0 Å². The number of halogens is 3. The van der Waals surface area contributed by atoms with E-state index in [2.05, 4.69) is 39.9 Å². The Morgan fingerprint density at radius 2 is 1.12 bits per heavy atom. The van der Waals surface area contributed by atoms with Gasteiger partial charge in [0, 0.05) is 23.5 Å². The Balaban J connectivity index is 0.000000219. The number of H-pyrrole nitrogens is 2. The molecule has 0 amide bonds. The highest BCUT2D eigenvalue weighted by molar-refractivity contribution is 6.35. The lowest BCUT2D eigenvalue weighted by molar-refractivity contribution is 0.979. The molecule has 0 fully saturated rings. The lowest BCUT2D eigenvalue weighted by Crippen LogP contribution is -2.13. The zero-order valence-electron chi connectivity index (χ0n) is 20.3. The fourth-order valence-electron chi connectivity index (χ4n) is 4.10. The first-order valence-corrected chi connectivity index (χ1v) is 12.9. The van der Waals surface area contributed by atoms with E-state index in [1.165, 1.54) is 12.7 Å². The lowest BCUT2D eigenvalue weighted by atomic mass is 10.0. The molecular weight excluding hydrogens is 573 g/mol. The number of fused-ring (bicyclic) bond motifs is 2. The summed E-state index contributed by atoms with van der Waals surface area (Å²) in [5, 5.41) is 0.480. The van der Waals surface area contributed by atoms with Gasteiger partial charge in [-0.2, -0.15) is 15.0 Å². The molecule has 13 heteroatoms. The van der Waals surface area contributed by atoms with Crippen molar-refractivity contribution in [3.05, 3.63) is 112 Å². The van der Waals surface area contributed by atoms with Crippen LogP contribution in [0.1, 0.15) is 0 Å². The summed E-state index contributed by atoms with van der Waals surface area (Å²) in [7, 11) is 0. The Labute approximate surface area is 240 Å². The Hall–Kier alpha value is -4.64. The van der Waals surface area contributed by atoms with Crippen LogP contribution in [0.25, 0.3) is 50.4 Å². The number of aromatic nitrogens is 9. The van der Waals surface area contributed by atoms with E-state index in [9.17, 15) is 4.79 Å². The summed E-state index contributed by atoms with van der Waals surface area (Å²) >= 11 is 17.3. The van der Waals surface area contributed by atoms with Gasteiger partial charge < -0.3 is 14.5 Å². The number of benzene rings is 2. The number of hydrogen-bond donors (Lipinski definition) is 2. The molecule has 0 aliphatic rings. The predicted octanol–water partition coefficient (Wildman–Crippen LogP) is 6.15. The summed E-state index contributed by atoms with van der Waals surface area (Å²) in [6.07, 6.45) is 6.56. The molecule has 0 saturated heterocycles. The summed E-state index contributed by atoms with van der Waals surface area (Å²) in [5.74, 6) is 0.520. The van der Waals surface area contributed by atoms with Crippen LogP contribution < -0.4 is 5.43 Å². The third-order valence-electron chi connectivity index (χ3n) is 5.89. The van der Waals surface area contributed by atoms with Crippen molar-refractivity contribution in [3.63, 3.8) is 0 Å². The highest BCUT2D eigenvalue weighted by Gasteiger charge is 2.16. The second kappa shape index (κ2) is 10.9. The Morgan fingerprint density at radius 3 is 1.70 bits per heavy atom. The number of nitrogens with zero attached hydrogens (tertiary/aromatic N) is 7. The van der Waals surface area contributed by atoms with E-state index >= 15 is 0 Å². The van der Waals surface area contributed by atoms with Crippen molar-refractivity contribution >= 4 is 57.1 Å². The number of hydrogen-bond acceptors (Lipinski definition) is 7. The second-order valence-corrected chi connectivity index (χ2v) is 9.39. The normalized spacial score (nSPS) is 11.0. The fraction of sp³-hybridized carbons (Fsp3) is 0. The summed E-state index contributed by atoms with van der Waals surface area (Å²) in [6.45, 7) is 0. The molecule has 0 radical (unpaired) electrons. The SMILES string of the molecule is Clc1nc(Cl)c2[nH]cnc2n1.O=c1c(-c2ccccc2)cn(-c2nc(Cl)nc3nc[nH]c23)cc1-c1ccccc1. The summed E-state index contributed by atoms with van der Waals surface area (Å²) < 4.78 is 1.79. The predicted molar refractivity (Wildman–Crippen MR) is 155 cm³/mol. The van der Waals surface area contributed by atoms with Crippen LogP contribution in [0.5, 0.6) is 0 Å². The minimum atomic E-state index is -0.0559. The first-order chi connectivity index (χ1) is 19.5. The highest BCUT2D eigenvalue weighted by atomic mass is 35.5. The molecule has 2 N–H and O–H groups in total. The largest absolute Gasteiger partial charge is 0.341 e. The monoisotopic (exact) mass is 587 g/mol. The highest BCUT2D eigenvalue weighted by Crippen LogP contribution is 2.25. The number of aromatic amines is 2. The summed E-state index contributed by atoms with van der Waals surface area (Å²) in [6, 6.07) is 19.1. The molecule has 0 atom stereocenters. The molecule has 196 valence electrons. The molecule has 2 aromatic carbocycles. The van der Waals surface area contributed by atoms with Gasteiger partial charge in [-0.05, 0) is 34.3 Å². The van der Waals surface area contributed by atoms with E-state index in [1.807, 2.05) is 60.7 Å². The van der Waals surface area contributed by atoms with E-state index in [0.29, 0.717) is 39.3 Å². The van der Waals surface area contributed by atoms with Gasteiger partial charge in [-0.3, -0.25) is 4.79 Å². The molecule has 0 aliphatic carbocycles. The number of pyridine rings is 1. The molecule has 0 bridgehead atoms. The quantitative estimate of drug-likeness (QED) is 0.187. The van der Waals surface area contributed by atoms with Gasteiger partial charge >= 0.3 is 0 Å². The van der Waals surface area contributed by atoms with Gasteiger partial charge in [-0.25, -0.2) is 15.0 Å². The maximum atomic E-state index is 13.3. The molecule has 7 aromatic rings. The smallest absolute Gasteiger partial charge is 0.226 e. The van der Waals surface area contributed by atoms with Gasteiger partial charge in [-0.1, -0.05) is 72.3 Å². The third-order valence-corrected chi connectivity index (χ3v) is 6.50. The van der Waals surface area contributed by atoms with Crippen molar-refractivity contribution in [2.24, 2.45) is 0 Å². The molecule has 0 saturated carbocycles. The van der Waals surface area contributed by atoms with Crippen molar-refractivity contribution in [1.29, 1.82) is 0 Å². The summed E-state index contributed by atoms with van der Waals surface area (Å²) in [5.41, 5.74) is 4.90. The van der Waals surface area contributed by atoms with Crippen LogP contribution in [0.15, 0.2) is 90.5 Å². The van der Waals surface area contributed by atoms with E-state index in [0.717, 1.165) is 11.1 Å². The average molecular weight is 589 g/mol. The Morgan fingerprint density at radius 1 is 0.625 bits per heavy atom. The van der Waals surface area contributed by atoms with Crippen molar-refractivity contribution in [3.8, 4) is 28.1 Å². The van der Waals surface area contributed by atoms with Crippen LogP contribution in [0, 0.1) is 0 Å². The van der Waals surface area contributed by atoms with Crippen LogP contribution in [-0.4, -0.2) is 44.4 Å². The van der Waals surface area contributed by atoms with E-state index < -0.39 is 0 Å². The van der Waals surface area contributed by atoms with Crippen molar-refractivity contribution in [2.75, 3.05) is 0 Å². The van der Waals surface area contributed by atoms with Gasteiger partial charge in [0.25, 0.3) is 0 Å². The molecule has 0 unspecified atom stereocenters. The molecule has 10 nitrogen and oxygen atoms in total. The molecule has 5 aromatic heterocycles. The molecular formula is C27H16Cl3N9O. The topological polar surface area (TPSA) is 131 Å². The second-order valence-electron chi connectivity index (χ2n) is 8.36. The van der Waals surface area contributed by atoms with Crippen molar-refractivity contribution < 1.29 is 0 Å². The van der Waals surface area contributed by atoms with Crippen LogP contribution in [0.4, 0.5) is 0 Å². The molecule has 0 spiro atoms. The van der Waals surface area contributed by atoms with Gasteiger partial charge in [0.2, 0.25) is 10.6 Å². The van der Waals surface area contributed by atoms with Gasteiger partial charge in [0.05, 0.1) is 12.7 Å². The Kier molecular flexibility index (Phi) is 6.95. The first-order valence-electron chi connectivity index (χ1n) is 11.7. The number of nitrogens with one attached hydrogen (secondary N) is 2. The minimum Gasteiger partial charge on any atom is -0.341 e. The molecule has 0 aliphatic heterocycles. The van der Waals surface area contributed by atoms with Crippen LogP contribution >= 0.6 is 34.8 Å². The Bertz CT molecular complexity index is 1960. The van der Waals surface area contributed by atoms with Crippen molar-refractivity contribution in [1.82, 2.24) is 44.4 Å². The standard InChI is InChI=1S/C22H14ClN5O.C5H2Cl2N4/c23-22-26-20-18(24-13-25-20)21(27-22)28-11-16(14-7-3-1-4-8-14)19(29)17(12-28)15-9-5-2-6-10-15;6-3-2-4(9-1-8-2)11-5(7)10-3/h1-13H,(H,24,25,26,27);1H,(H,8,9,10,11). The number of rotatable bonds is 3. The summed E-state index contributed by atoms with van der Waals surface area (Å²) in [4.78, 5) is 43.3. The average Bonchev–Trinajstić information content (AvgIpc) is 3.64. The van der Waals surface area contributed by atoms with Crippen molar-refractivity contribution in [2.45, 2.75) is 0 Å². The van der Waals surface area contributed by atoms with Crippen LogP contribution in [0.2, 0.25) is 15.7 Å². The maximum absolute atomic E-state index is 13.3.